The average molecular weight is 437 g/mol. The Kier molecular flexibility index (Phi) is 8.79. The minimum Gasteiger partial charge on any atom is -0.508 e. The van der Waals surface area contributed by atoms with Crippen molar-refractivity contribution < 1.29 is 19.8 Å². The number of allylic oxidation sites excluding steroid dienone is 2. The fourth-order valence-electron chi connectivity index (χ4n) is 3.02. The van der Waals surface area contributed by atoms with Crippen molar-refractivity contribution in [3.05, 3.63) is 51.2 Å². The molecule has 3 N–H and O–H groups in total. The number of carboxylic acids is 1. The number of halogens is 1. The maximum Gasteiger partial charge on any atom is 0.333 e. The van der Waals surface area contributed by atoms with Crippen molar-refractivity contribution >= 4 is 42.0 Å². The lowest BCUT2D eigenvalue weighted by atomic mass is 9.95. The third-order valence-corrected chi connectivity index (χ3v) is 6.09. The maximum absolute atomic E-state index is 12.6. The fourth-order valence-corrected chi connectivity index (χ4v) is 4.45. The Morgan fingerprint density at radius 1 is 1.38 bits per heavy atom. The summed E-state index contributed by atoms with van der Waals surface area (Å²) in [4.78, 5) is 28.7. The summed E-state index contributed by atoms with van der Waals surface area (Å²) in [6.07, 6.45) is 4.81. The van der Waals surface area contributed by atoms with Crippen LogP contribution in [-0.2, 0) is 15.3 Å². The van der Waals surface area contributed by atoms with Gasteiger partial charge in [0.25, 0.3) is 0 Å². The van der Waals surface area contributed by atoms with E-state index in [9.17, 15) is 19.8 Å². The van der Waals surface area contributed by atoms with Crippen LogP contribution >= 0.6 is 23.4 Å². The van der Waals surface area contributed by atoms with Gasteiger partial charge in [-0.25, -0.2) is 4.79 Å². The highest BCUT2D eigenvalue weighted by Gasteiger charge is 2.22. The maximum atomic E-state index is 12.6. The number of aliphatic carboxylic acids is 1. The van der Waals surface area contributed by atoms with E-state index in [4.69, 9.17) is 11.6 Å². The van der Waals surface area contributed by atoms with Crippen molar-refractivity contribution in [1.82, 2.24) is 5.32 Å². The Bertz CT molecular complexity index is 851. The standard InChI is InChI=1S/C21H25ClN2O4S/c1-13(20(26)24-19-6-4-3-5-17(19)21(27)28)9-16(11-23-2)29-12-14-7-8-15(25)10-18(14)22/h7-8,10-11,13,25H,2-6,9,12H2,1H3,(H,24,26)(H,27,28)/b16-11-. The Hall–Kier alpha value is -2.25. The van der Waals surface area contributed by atoms with E-state index in [-0.39, 0.29) is 17.6 Å². The first-order valence-corrected chi connectivity index (χ1v) is 10.7. The van der Waals surface area contributed by atoms with E-state index < -0.39 is 5.97 Å². The minimum atomic E-state index is -0.967. The molecule has 1 unspecified atom stereocenters. The summed E-state index contributed by atoms with van der Waals surface area (Å²) in [5, 5.41) is 22.1. The molecule has 1 aliphatic carbocycles. The van der Waals surface area contributed by atoms with Gasteiger partial charge in [0.15, 0.2) is 0 Å². The van der Waals surface area contributed by atoms with E-state index in [1.54, 1.807) is 25.3 Å². The van der Waals surface area contributed by atoms with Gasteiger partial charge in [-0.2, -0.15) is 0 Å². The van der Waals surface area contributed by atoms with Gasteiger partial charge in [-0.3, -0.25) is 9.79 Å². The monoisotopic (exact) mass is 436 g/mol. The molecule has 0 saturated carbocycles. The van der Waals surface area contributed by atoms with Gasteiger partial charge >= 0.3 is 5.97 Å². The van der Waals surface area contributed by atoms with Crippen molar-refractivity contribution in [1.29, 1.82) is 0 Å². The van der Waals surface area contributed by atoms with Gasteiger partial charge in [0, 0.05) is 33.5 Å². The number of nitrogens with one attached hydrogen (secondary N) is 1. The van der Waals surface area contributed by atoms with Crippen molar-refractivity contribution in [3.63, 3.8) is 0 Å². The molecule has 0 heterocycles. The molecule has 0 aromatic heterocycles. The number of benzene rings is 1. The van der Waals surface area contributed by atoms with E-state index in [0.717, 1.165) is 23.3 Å². The van der Waals surface area contributed by atoms with Crippen LogP contribution in [0.25, 0.3) is 0 Å². The van der Waals surface area contributed by atoms with E-state index in [2.05, 4.69) is 17.0 Å². The minimum absolute atomic E-state index is 0.107. The highest BCUT2D eigenvalue weighted by molar-refractivity contribution is 8.02. The lowest BCUT2D eigenvalue weighted by Gasteiger charge is -2.21. The van der Waals surface area contributed by atoms with Gasteiger partial charge in [-0.1, -0.05) is 24.6 Å². The molecule has 1 amide bonds. The van der Waals surface area contributed by atoms with Crippen molar-refractivity contribution in [3.8, 4) is 5.75 Å². The van der Waals surface area contributed by atoms with Gasteiger partial charge in [0.1, 0.15) is 5.75 Å². The molecule has 1 atom stereocenters. The van der Waals surface area contributed by atoms with Crippen LogP contribution in [0.15, 0.2) is 45.6 Å². The molecular formula is C21H25ClN2O4S. The summed E-state index contributed by atoms with van der Waals surface area (Å²) in [5.74, 6) is -0.877. The number of amides is 1. The summed E-state index contributed by atoms with van der Waals surface area (Å²) < 4.78 is 0. The number of carbonyl (C=O) groups excluding carboxylic acids is 1. The third-order valence-electron chi connectivity index (χ3n) is 4.64. The average Bonchev–Trinajstić information content (AvgIpc) is 2.67. The normalized spacial score (nSPS) is 15.7. The number of thioether (sulfide) groups is 1. The molecule has 6 nitrogen and oxygen atoms in total. The van der Waals surface area contributed by atoms with Crippen LogP contribution in [0.3, 0.4) is 0 Å². The Morgan fingerprint density at radius 3 is 2.76 bits per heavy atom. The van der Waals surface area contributed by atoms with Crippen LogP contribution in [0.2, 0.25) is 5.02 Å². The van der Waals surface area contributed by atoms with Crippen molar-refractivity contribution in [2.24, 2.45) is 10.9 Å². The number of nitrogens with zero attached hydrogens (tertiary/aromatic N) is 1. The summed E-state index contributed by atoms with van der Waals surface area (Å²) in [5.41, 5.74) is 1.69. The van der Waals surface area contributed by atoms with Gasteiger partial charge in [0.2, 0.25) is 5.91 Å². The lowest BCUT2D eigenvalue weighted by Crippen LogP contribution is -2.31. The van der Waals surface area contributed by atoms with E-state index >= 15 is 0 Å². The predicted octanol–water partition coefficient (Wildman–Crippen LogP) is 4.88. The molecule has 0 radical (unpaired) electrons. The van der Waals surface area contributed by atoms with Gasteiger partial charge in [0.05, 0.1) is 5.57 Å². The van der Waals surface area contributed by atoms with Crippen molar-refractivity contribution in [2.45, 2.75) is 44.8 Å². The number of hydrogen-bond acceptors (Lipinski definition) is 5. The molecule has 29 heavy (non-hydrogen) atoms. The summed E-state index contributed by atoms with van der Waals surface area (Å²) >= 11 is 7.64. The largest absolute Gasteiger partial charge is 0.508 e. The first kappa shape index (κ1) is 23.0. The number of rotatable bonds is 9. The third kappa shape index (κ3) is 6.94. The Labute approximate surface area is 179 Å². The SMILES string of the molecule is C=N/C=C(/CC(C)C(=O)NC1=C(C(=O)O)CCCC1)SCc1ccc(O)cc1Cl. The van der Waals surface area contributed by atoms with E-state index in [1.165, 1.54) is 17.8 Å². The van der Waals surface area contributed by atoms with Gasteiger partial charge < -0.3 is 15.5 Å². The zero-order valence-corrected chi connectivity index (χ0v) is 17.9. The number of carbonyl (C=O) groups is 2. The Morgan fingerprint density at radius 2 is 2.10 bits per heavy atom. The number of aliphatic imine (C=N–C) groups is 1. The van der Waals surface area contributed by atoms with Gasteiger partial charge in [-0.15, -0.1) is 11.8 Å². The highest BCUT2D eigenvalue weighted by atomic mass is 35.5. The molecule has 2 rings (SSSR count). The number of phenols is 1. The zero-order chi connectivity index (χ0) is 21.4. The smallest absolute Gasteiger partial charge is 0.333 e. The van der Waals surface area contributed by atoms with Crippen LogP contribution in [-0.4, -0.2) is 28.8 Å². The number of hydrogen-bond donors (Lipinski definition) is 3. The molecule has 0 saturated heterocycles. The number of aromatic hydroxyl groups is 1. The number of phenolic OH excluding ortho intramolecular Hbond substituents is 1. The quantitative estimate of drug-likeness (QED) is 0.479. The first-order valence-electron chi connectivity index (χ1n) is 9.33. The van der Waals surface area contributed by atoms with Crippen molar-refractivity contribution in [2.75, 3.05) is 0 Å². The molecule has 0 spiro atoms. The summed E-state index contributed by atoms with van der Waals surface area (Å²) in [6, 6.07) is 4.81. The van der Waals surface area contributed by atoms with E-state index in [1.807, 2.05) is 0 Å². The summed E-state index contributed by atoms with van der Waals surface area (Å²) in [6.45, 7) is 5.28. The Balaban J connectivity index is 2.00. The molecule has 0 aliphatic heterocycles. The van der Waals surface area contributed by atoms with E-state index in [0.29, 0.717) is 41.3 Å². The molecule has 0 bridgehead atoms. The van der Waals surface area contributed by atoms with Crippen LogP contribution in [0, 0.1) is 5.92 Å². The molecular weight excluding hydrogens is 412 g/mol. The van der Waals surface area contributed by atoms with Crippen LogP contribution < -0.4 is 5.32 Å². The molecule has 8 heteroatoms. The predicted molar refractivity (Wildman–Crippen MR) is 117 cm³/mol. The van der Waals surface area contributed by atoms with Gasteiger partial charge in [-0.05, 0) is 56.5 Å². The zero-order valence-electron chi connectivity index (χ0n) is 16.3. The first-order chi connectivity index (χ1) is 13.8. The molecule has 1 aromatic carbocycles. The van der Waals surface area contributed by atoms with Crippen LogP contribution in [0.4, 0.5) is 0 Å². The molecule has 156 valence electrons. The summed E-state index contributed by atoms with van der Waals surface area (Å²) in [7, 11) is 0. The second kappa shape index (κ2) is 11.1. The van der Waals surface area contributed by atoms with Crippen LogP contribution in [0.5, 0.6) is 5.75 Å². The molecule has 1 aromatic rings. The topological polar surface area (TPSA) is 99.0 Å². The molecule has 0 fully saturated rings. The van der Waals surface area contributed by atoms with Crippen LogP contribution in [0.1, 0.15) is 44.6 Å². The highest BCUT2D eigenvalue weighted by Crippen LogP contribution is 2.32. The fraction of sp³-hybridized carbons (Fsp3) is 0.381. The second-order valence-electron chi connectivity index (χ2n) is 6.91. The number of carboxylic acid groups (broad SMARTS) is 1. The lowest BCUT2D eigenvalue weighted by molar-refractivity contribution is -0.133. The molecule has 1 aliphatic rings. The second-order valence-corrected chi connectivity index (χ2v) is 8.42.